The molecule has 1 aromatic rings. The van der Waals surface area contributed by atoms with Crippen molar-refractivity contribution < 1.29 is 21.6 Å². The molecule has 0 heterocycles. The number of sulfone groups is 1. The van der Waals surface area contributed by atoms with Gasteiger partial charge >= 0.3 is 0 Å². The Morgan fingerprint density at radius 1 is 1.32 bits per heavy atom. The first kappa shape index (κ1) is 16.1. The second kappa shape index (κ2) is 5.57. The number of anilines is 1. The number of sulfonamides is 1. The summed E-state index contributed by atoms with van der Waals surface area (Å²) in [4.78, 5) is 11.2. The van der Waals surface area contributed by atoms with Crippen molar-refractivity contribution in [3.63, 3.8) is 0 Å². The minimum atomic E-state index is -3.86. The van der Waals surface area contributed by atoms with Gasteiger partial charge in [0.25, 0.3) is 0 Å². The first-order valence-corrected chi connectivity index (χ1v) is 9.19. The predicted molar refractivity (Wildman–Crippen MR) is 73.9 cm³/mol. The zero-order chi connectivity index (χ0) is 14.8. The van der Waals surface area contributed by atoms with Gasteiger partial charge in [-0.25, -0.2) is 22.0 Å². The molecule has 0 fully saturated rings. The average molecular weight is 371 g/mol. The lowest BCUT2D eigenvalue weighted by molar-refractivity contribution is -0.113. The number of nitrogens with two attached hydrogens (primary N) is 1. The molecule has 0 aliphatic carbocycles. The Kier molecular flexibility index (Phi) is 4.72. The second-order valence-corrected chi connectivity index (χ2v) is 8.33. The van der Waals surface area contributed by atoms with Gasteiger partial charge in [0.05, 0.1) is 4.90 Å². The van der Waals surface area contributed by atoms with E-state index >= 15 is 0 Å². The topological polar surface area (TPSA) is 123 Å². The molecule has 10 heteroatoms. The lowest BCUT2D eigenvalue weighted by atomic mass is 10.3. The Labute approximate surface area is 119 Å². The molecule has 7 nitrogen and oxygen atoms in total. The maximum Gasteiger partial charge on any atom is 0.239 e. The number of amides is 1. The van der Waals surface area contributed by atoms with Crippen LogP contribution in [0.25, 0.3) is 0 Å². The van der Waals surface area contributed by atoms with Crippen LogP contribution in [0.1, 0.15) is 0 Å². The van der Waals surface area contributed by atoms with Gasteiger partial charge < -0.3 is 5.32 Å². The molecule has 0 aliphatic rings. The minimum absolute atomic E-state index is 0.131. The van der Waals surface area contributed by atoms with Crippen molar-refractivity contribution >= 4 is 47.4 Å². The van der Waals surface area contributed by atoms with Crippen molar-refractivity contribution in [1.29, 1.82) is 0 Å². The number of primary sulfonamides is 1. The van der Waals surface area contributed by atoms with E-state index in [0.717, 1.165) is 6.26 Å². The van der Waals surface area contributed by atoms with E-state index in [1.54, 1.807) is 0 Å². The van der Waals surface area contributed by atoms with E-state index in [1.165, 1.54) is 18.2 Å². The van der Waals surface area contributed by atoms with E-state index in [0.29, 0.717) is 0 Å². The Morgan fingerprint density at radius 2 is 1.89 bits per heavy atom. The lowest BCUT2D eigenvalue weighted by Gasteiger charge is -2.07. The summed E-state index contributed by atoms with van der Waals surface area (Å²) in [7, 11) is -7.29. The van der Waals surface area contributed by atoms with Gasteiger partial charge in [-0.15, -0.1) is 0 Å². The van der Waals surface area contributed by atoms with E-state index in [-0.39, 0.29) is 15.1 Å². The van der Waals surface area contributed by atoms with Crippen molar-refractivity contribution in [3.05, 3.63) is 22.7 Å². The summed E-state index contributed by atoms with van der Waals surface area (Å²) >= 11 is 3.01. The second-order valence-electron chi connectivity index (χ2n) is 3.81. The van der Waals surface area contributed by atoms with Crippen LogP contribution in [0.5, 0.6) is 0 Å². The van der Waals surface area contributed by atoms with Crippen LogP contribution in [0, 0.1) is 0 Å². The van der Waals surface area contributed by atoms with Crippen molar-refractivity contribution in [1.82, 2.24) is 0 Å². The number of halogens is 1. The van der Waals surface area contributed by atoms with Crippen LogP contribution in [0.3, 0.4) is 0 Å². The van der Waals surface area contributed by atoms with Gasteiger partial charge in [-0.1, -0.05) is 0 Å². The summed E-state index contributed by atoms with van der Waals surface area (Å²) in [6.45, 7) is 0. The van der Waals surface area contributed by atoms with Crippen LogP contribution >= 0.6 is 15.9 Å². The fraction of sp³-hybridized carbons (Fsp3) is 0.222. The third kappa shape index (κ3) is 5.27. The first-order valence-electron chi connectivity index (χ1n) is 4.79. The van der Waals surface area contributed by atoms with E-state index in [1.807, 2.05) is 0 Å². The largest absolute Gasteiger partial charge is 0.325 e. The number of carbonyl (C=O) groups excluding carboxylic acids is 1. The number of benzene rings is 1. The van der Waals surface area contributed by atoms with E-state index in [9.17, 15) is 21.6 Å². The molecule has 0 aromatic heterocycles. The van der Waals surface area contributed by atoms with Gasteiger partial charge in [0, 0.05) is 16.4 Å². The summed E-state index contributed by atoms with van der Waals surface area (Å²) in [5, 5.41) is 7.30. The quantitative estimate of drug-likeness (QED) is 0.776. The Hall–Kier alpha value is -0.970. The highest BCUT2D eigenvalue weighted by Crippen LogP contribution is 2.24. The van der Waals surface area contributed by atoms with E-state index < -0.39 is 31.5 Å². The zero-order valence-electron chi connectivity index (χ0n) is 9.75. The summed E-state index contributed by atoms with van der Waals surface area (Å²) in [6.07, 6.45) is 0.937. The van der Waals surface area contributed by atoms with Gasteiger partial charge in [0.2, 0.25) is 15.9 Å². The molecule has 0 radical (unpaired) electrons. The van der Waals surface area contributed by atoms with Crippen LogP contribution in [0.4, 0.5) is 5.69 Å². The van der Waals surface area contributed by atoms with Crippen molar-refractivity contribution in [2.45, 2.75) is 4.90 Å². The summed E-state index contributed by atoms with van der Waals surface area (Å²) in [5.41, 5.74) is 0.257. The summed E-state index contributed by atoms with van der Waals surface area (Å²) in [5.74, 6) is -1.36. The molecule has 3 N–H and O–H groups in total. The van der Waals surface area contributed by atoms with Gasteiger partial charge in [-0.2, -0.15) is 0 Å². The molecule has 0 aliphatic heterocycles. The van der Waals surface area contributed by atoms with Crippen LogP contribution in [0.2, 0.25) is 0 Å². The molecule has 106 valence electrons. The Balaban J connectivity index is 2.95. The molecule has 0 bridgehead atoms. The van der Waals surface area contributed by atoms with Crippen molar-refractivity contribution in [2.24, 2.45) is 5.14 Å². The van der Waals surface area contributed by atoms with Crippen molar-refractivity contribution in [3.8, 4) is 0 Å². The molecule has 0 spiro atoms. The Bertz CT molecular complexity index is 712. The minimum Gasteiger partial charge on any atom is -0.325 e. The van der Waals surface area contributed by atoms with Crippen LogP contribution in [0.15, 0.2) is 27.6 Å². The maximum absolute atomic E-state index is 11.4. The number of hydrogen-bond donors (Lipinski definition) is 2. The third-order valence-electron chi connectivity index (χ3n) is 1.92. The third-order valence-corrected chi connectivity index (χ3v) is 4.59. The normalized spacial score (nSPS) is 12.2. The van der Waals surface area contributed by atoms with Crippen LogP contribution < -0.4 is 10.5 Å². The van der Waals surface area contributed by atoms with Gasteiger partial charge in [0.1, 0.15) is 5.75 Å². The molecule has 0 atom stereocenters. The van der Waals surface area contributed by atoms with E-state index in [4.69, 9.17) is 5.14 Å². The molecular weight excluding hydrogens is 360 g/mol. The molecule has 1 rings (SSSR count). The molecule has 0 saturated carbocycles. The highest BCUT2D eigenvalue weighted by Gasteiger charge is 2.15. The fourth-order valence-electron chi connectivity index (χ4n) is 1.24. The number of rotatable bonds is 4. The smallest absolute Gasteiger partial charge is 0.239 e. The van der Waals surface area contributed by atoms with Crippen LogP contribution in [-0.4, -0.2) is 34.8 Å². The highest BCUT2D eigenvalue weighted by molar-refractivity contribution is 9.10. The standard InChI is InChI=1S/C9H11BrN2O5S2/c1-18(14,15)5-9(13)12-6-2-3-8(7(10)4-6)19(11,16)17/h2-4H,5H2,1H3,(H,12,13)(H2,11,16,17). The van der Waals surface area contributed by atoms with Gasteiger partial charge in [0.15, 0.2) is 9.84 Å². The molecule has 0 unspecified atom stereocenters. The van der Waals surface area contributed by atoms with Gasteiger partial charge in [-0.05, 0) is 34.1 Å². The summed E-state index contributed by atoms with van der Waals surface area (Å²) < 4.78 is 44.3. The number of hydrogen-bond acceptors (Lipinski definition) is 5. The maximum atomic E-state index is 11.4. The number of carbonyl (C=O) groups is 1. The molecule has 19 heavy (non-hydrogen) atoms. The zero-order valence-corrected chi connectivity index (χ0v) is 13.0. The predicted octanol–water partition coefficient (Wildman–Crippen LogP) is 0.0796. The van der Waals surface area contributed by atoms with Gasteiger partial charge in [-0.3, -0.25) is 4.79 Å². The van der Waals surface area contributed by atoms with Crippen molar-refractivity contribution in [2.75, 3.05) is 17.3 Å². The summed E-state index contributed by atoms with van der Waals surface area (Å²) in [6, 6.07) is 3.83. The SMILES string of the molecule is CS(=O)(=O)CC(=O)Nc1ccc(S(N)(=O)=O)c(Br)c1. The Morgan fingerprint density at radius 3 is 2.32 bits per heavy atom. The number of nitrogens with one attached hydrogen (secondary N) is 1. The fourth-order valence-corrected chi connectivity index (χ4v) is 3.44. The molecule has 1 aromatic carbocycles. The highest BCUT2D eigenvalue weighted by atomic mass is 79.9. The van der Waals surface area contributed by atoms with E-state index in [2.05, 4.69) is 21.2 Å². The average Bonchev–Trinajstić information content (AvgIpc) is 2.11. The molecule has 1 amide bonds. The molecular formula is C9H11BrN2O5S2. The lowest BCUT2D eigenvalue weighted by Crippen LogP contribution is -2.22. The molecule has 0 saturated heterocycles. The first-order chi connectivity index (χ1) is 8.49. The van der Waals surface area contributed by atoms with Crippen LogP contribution in [-0.2, 0) is 24.7 Å². The monoisotopic (exact) mass is 370 g/mol.